The fourth-order valence-corrected chi connectivity index (χ4v) is 13.7. The van der Waals surface area contributed by atoms with Crippen LogP contribution >= 0.6 is 11.3 Å². The Bertz CT molecular complexity index is 3030. The number of para-hydroxylation sites is 1. The zero-order valence-electron chi connectivity index (χ0n) is 34.8. The zero-order valence-corrected chi connectivity index (χ0v) is 35.6. The van der Waals surface area contributed by atoms with Crippen LogP contribution in [0.5, 0.6) is 0 Å². The van der Waals surface area contributed by atoms with Crippen LogP contribution in [0.1, 0.15) is 54.5 Å². The number of nitrogens with zero attached hydrogens (tertiary/aromatic N) is 1. The Morgan fingerprint density at radius 3 is 2.11 bits per heavy atom. The molecule has 5 aliphatic rings. The van der Waals surface area contributed by atoms with Crippen molar-refractivity contribution < 1.29 is 0 Å². The van der Waals surface area contributed by atoms with Crippen LogP contribution in [0.2, 0.25) is 0 Å². The van der Waals surface area contributed by atoms with Crippen molar-refractivity contribution in [3.8, 4) is 0 Å². The van der Waals surface area contributed by atoms with Crippen molar-refractivity contribution >= 4 is 60.2 Å². The monoisotopic (exact) mass is 803 g/mol. The average molecular weight is 804 g/mol. The van der Waals surface area contributed by atoms with Gasteiger partial charge in [-0.3, -0.25) is 0 Å². The third kappa shape index (κ3) is 5.44. The summed E-state index contributed by atoms with van der Waals surface area (Å²) in [5.41, 5.74) is 11.7. The van der Waals surface area contributed by atoms with E-state index in [4.69, 9.17) is 0 Å². The predicted octanol–water partition coefficient (Wildman–Crippen LogP) is 15.7. The molecule has 0 aliphatic heterocycles. The van der Waals surface area contributed by atoms with E-state index in [0.717, 1.165) is 18.5 Å². The largest absolute Gasteiger partial charge is 0.310 e. The molecule has 1 heterocycles. The maximum absolute atomic E-state index is 2.58. The molecule has 2 heteroatoms. The second-order valence-corrected chi connectivity index (χ2v) is 19.6. The first-order valence-electron chi connectivity index (χ1n) is 22.1. The standard InChI is InChI=1S/C59H49NS/c1-57(37-35-48-41(39-57)28-27-40-29-34-50-49-22-9-12-25-53(49)61-56(50)55(40)48)42-30-32-46(33-31-42)60(45-19-7-4-8-20-45)47-21-15-18-44(38-47)59(43-16-5-3-6-17-43)52-24-11-10-23-51(52)58(2)36-14-13-26-54(58)59/h3-36,38,41,51-52,54H,37,39H2,1-2H3. The number of thiophene rings is 1. The summed E-state index contributed by atoms with van der Waals surface area (Å²) in [5.74, 6) is 1.36. The predicted molar refractivity (Wildman–Crippen MR) is 260 cm³/mol. The van der Waals surface area contributed by atoms with E-state index < -0.39 is 0 Å². The minimum atomic E-state index is -0.260. The van der Waals surface area contributed by atoms with Crippen molar-refractivity contribution in [1.82, 2.24) is 0 Å². The summed E-state index contributed by atoms with van der Waals surface area (Å²) in [4.78, 5) is 2.46. The molecule has 1 aromatic heterocycles. The van der Waals surface area contributed by atoms with Gasteiger partial charge < -0.3 is 4.90 Å². The summed E-state index contributed by atoms with van der Waals surface area (Å²) in [5, 5.41) is 2.76. The molecule has 1 saturated carbocycles. The van der Waals surface area contributed by atoms with E-state index in [-0.39, 0.29) is 22.2 Å². The van der Waals surface area contributed by atoms with Gasteiger partial charge in [0.2, 0.25) is 0 Å². The first-order chi connectivity index (χ1) is 30.0. The second-order valence-electron chi connectivity index (χ2n) is 18.5. The molecule has 6 aromatic carbocycles. The lowest BCUT2D eigenvalue weighted by molar-refractivity contribution is 0.273. The molecule has 0 N–H and O–H groups in total. The molecule has 1 fully saturated rings. The molecule has 296 valence electrons. The highest BCUT2D eigenvalue weighted by atomic mass is 32.1. The van der Waals surface area contributed by atoms with Gasteiger partial charge in [0.1, 0.15) is 0 Å². The Morgan fingerprint density at radius 2 is 1.28 bits per heavy atom. The maximum Gasteiger partial charge on any atom is 0.0464 e. The summed E-state index contributed by atoms with van der Waals surface area (Å²) < 4.78 is 2.81. The summed E-state index contributed by atoms with van der Waals surface area (Å²) in [6.45, 7) is 4.97. The first kappa shape index (κ1) is 36.6. The third-order valence-electron chi connectivity index (χ3n) is 15.3. The van der Waals surface area contributed by atoms with Crippen molar-refractivity contribution in [3.05, 3.63) is 234 Å². The van der Waals surface area contributed by atoms with Crippen LogP contribution in [0, 0.1) is 29.1 Å². The Labute approximate surface area is 364 Å². The summed E-state index contributed by atoms with van der Waals surface area (Å²) in [7, 11) is 0. The third-order valence-corrected chi connectivity index (χ3v) is 16.5. The van der Waals surface area contributed by atoms with Gasteiger partial charge in [-0.25, -0.2) is 0 Å². The van der Waals surface area contributed by atoms with Crippen molar-refractivity contribution in [1.29, 1.82) is 0 Å². The van der Waals surface area contributed by atoms with Gasteiger partial charge in [0, 0.05) is 65.5 Å². The molecule has 0 bridgehead atoms. The fourth-order valence-electron chi connectivity index (χ4n) is 12.4. The van der Waals surface area contributed by atoms with Gasteiger partial charge in [0.25, 0.3) is 0 Å². The highest BCUT2D eigenvalue weighted by Gasteiger charge is 2.64. The summed E-state index contributed by atoms with van der Waals surface area (Å²) in [6.07, 6.45) is 28.6. The minimum Gasteiger partial charge on any atom is -0.310 e. The van der Waals surface area contributed by atoms with Crippen molar-refractivity contribution in [3.63, 3.8) is 0 Å². The number of fused-ring (bicyclic) bond motifs is 10. The normalized spacial score (nSPS) is 28.0. The molecule has 0 amide bonds. The van der Waals surface area contributed by atoms with E-state index in [2.05, 4.69) is 231 Å². The molecule has 5 aliphatic carbocycles. The van der Waals surface area contributed by atoms with Gasteiger partial charge >= 0.3 is 0 Å². The zero-order chi connectivity index (χ0) is 40.8. The van der Waals surface area contributed by atoms with Crippen LogP contribution in [-0.4, -0.2) is 0 Å². The fraction of sp³-hybridized carbons (Fsp3) is 0.186. The van der Waals surface area contributed by atoms with Gasteiger partial charge in [0.15, 0.2) is 0 Å². The molecular weight excluding hydrogens is 755 g/mol. The second kappa shape index (κ2) is 13.9. The van der Waals surface area contributed by atoms with Gasteiger partial charge in [-0.05, 0) is 100 Å². The minimum absolute atomic E-state index is 0.0195. The Kier molecular flexibility index (Phi) is 8.35. The Morgan fingerprint density at radius 1 is 0.574 bits per heavy atom. The molecular formula is C59H49NS. The van der Waals surface area contributed by atoms with E-state index in [1.54, 1.807) is 0 Å². The number of anilines is 3. The molecule has 0 saturated heterocycles. The van der Waals surface area contributed by atoms with E-state index in [1.807, 2.05) is 11.3 Å². The van der Waals surface area contributed by atoms with Crippen molar-refractivity contribution in [2.45, 2.75) is 37.5 Å². The number of hydrogen-bond donors (Lipinski definition) is 0. The maximum atomic E-state index is 2.58. The number of hydrogen-bond acceptors (Lipinski definition) is 2. The lowest BCUT2D eigenvalue weighted by Gasteiger charge is -2.43. The van der Waals surface area contributed by atoms with E-state index in [1.165, 1.54) is 64.9 Å². The molecule has 0 radical (unpaired) electrons. The van der Waals surface area contributed by atoms with Crippen LogP contribution in [0.4, 0.5) is 17.1 Å². The Balaban J connectivity index is 0.930. The van der Waals surface area contributed by atoms with E-state index in [9.17, 15) is 0 Å². The Hall–Kier alpha value is -6.22. The number of rotatable bonds is 6. The van der Waals surface area contributed by atoms with E-state index >= 15 is 0 Å². The highest BCUT2D eigenvalue weighted by molar-refractivity contribution is 7.26. The summed E-state index contributed by atoms with van der Waals surface area (Å²) >= 11 is 1.95. The first-order valence-corrected chi connectivity index (χ1v) is 22.9. The van der Waals surface area contributed by atoms with Crippen molar-refractivity contribution in [2.75, 3.05) is 4.90 Å². The molecule has 7 unspecified atom stereocenters. The highest BCUT2D eigenvalue weighted by Crippen LogP contribution is 2.67. The molecule has 7 aromatic rings. The molecule has 61 heavy (non-hydrogen) atoms. The van der Waals surface area contributed by atoms with E-state index in [0.29, 0.717) is 17.8 Å². The van der Waals surface area contributed by atoms with Gasteiger partial charge in [-0.1, -0.05) is 184 Å². The van der Waals surface area contributed by atoms with Crippen molar-refractivity contribution in [2.24, 2.45) is 29.1 Å². The number of benzene rings is 6. The van der Waals surface area contributed by atoms with Crippen LogP contribution in [0.3, 0.4) is 0 Å². The quantitative estimate of drug-likeness (QED) is 0.162. The van der Waals surface area contributed by atoms with Crippen LogP contribution < -0.4 is 4.90 Å². The van der Waals surface area contributed by atoms with Gasteiger partial charge in [-0.15, -0.1) is 11.3 Å². The molecule has 0 spiro atoms. The number of allylic oxidation sites excluding steroid dienone is 11. The topological polar surface area (TPSA) is 3.24 Å². The summed E-state index contributed by atoms with van der Waals surface area (Å²) in [6, 6.07) is 54.9. The molecule has 7 atom stereocenters. The lowest BCUT2D eigenvalue weighted by Crippen LogP contribution is -2.40. The smallest absolute Gasteiger partial charge is 0.0464 e. The lowest BCUT2D eigenvalue weighted by atomic mass is 9.59. The van der Waals surface area contributed by atoms with Crippen LogP contribution in [0.25, 0.3) is 31.8 Å². The van der Waals surface area contributed by atoms with Crippen LogP contribution in [-0.2, 0) is 10.8 Å². The molecule has 1 nitrogen and oxygen atoms in total. The van der Waals surface area contributed by atoms with Gasteiger partial charge in [0.05, 0.1) is 0 Å². The van der Waals surface area contributed by atoms with Gasteiger partial charge in [-0.2, -0.15) is 0 Å². The average Bonchev–Trinajstić information content (AvgIpc) is 3.81. The van der Waals surface area contributed by atoms with Crippen LogP contribution in [0.15, 0.2) is 206 Å². The SMILES string of the molecule is CC1(c2ccc(N(c3ccccc3)c3cccc(C4(c5ccccc5)C5C=CC=CC5C5(C)C=CC=CC54)c3)cc2)CC=C2c3c(ccc4c3sc3ccccc34)C=CC2C1. The molecule has 12 rings (SSSR count).